The monoisotopic (exact) mass is 508 g/mol. The lowest BCUT2D eigenvalue weighted by atomic mass is 9.97. The predicted molar refractivity (Wildman–Crippen MR) is 132 cm³/mol. The van der Waals surface area contributed by atoms with E-state index in [4.69, 9.17) is 10.8 Å². The summed E-state index contributed by atoms with van der Waals surface area (Å²) in [4.78, 5) is 24.7. The first kappa shape index (κ1) is 24.3. The first-order chi connectivity index (χ1) is 17.7. The van der Waals surface area contributed by atoms with Crippen molar-refractivity contribution in [2.45, 2.75) is 13.0 Å². The summed E-state index contributed by atoms with van der Waals surface area (Å²) in [7, 11) is 1.49. The van der Waals surface area contributed by atoms with Gasteiger partial charge in [-0.3, -0.25) is 14.5 Å². The van der Waals surface area contributed by atoms with Gasteiger partial charge >= 0.3 is 5.97 Å². The average molecular weight is 509 g/mol. The van der Waals surface area contributed by atoms with E-state index in [1.54, 1.807) is 22.9 Å². The van der Waals surface area contributed by atoms with E-state index in [9.17, 15) is 18.0 Å². The summed E-state index contributed by atoms with van der Waals surface area (Å²) in [5.41, 5.74) is 8.17. The van der Waals surface area contributed by atoms with Crippen LogP contribution in [-0.4, -0.2) is 50.6 Å². The lowest BCUT2D eigenvalue weighted by Crippen LogP contribution is -2.28. The van der Waals surface area contributed by atoms with E-state index >= 15 is 0 Å². The molecule has 8 nitrogen and oxygen atoms in total. The first-order valence-electron chi connectivity index (χ1n) is 11.5. The van der Waals surface area contributed by atoms with Gasteiger partial charge in [-0.2, -0.15) is 0 Å². The van der Waals surface area contributed by atoms with Gasteiger partial charge in [0, 0.05) is 61.8 Å². The van der Waals surface area contributed by atoms with E-state index in [0.29, 0.717) is 48.8 Å². The average Bonchev–Trinajstić information content (AvgIpc) is 3.28. The molecule has 0 saturated carbocycles. The third kappa shape index (κ3) is 4.60. The number of aromatic amines is 1. The Morgan fingerprint density at radius 2 is 1.95 bits per heavy atom. The van der Waals surface area contributed by atoms with Gasteiger partial charge in [-0.25, -0.2) is 22.9 Å². The fraction of sp³-hybridized carbons (Fsp3) is 0.192. The Bertz CT molecular complexity index is 1620. The summed E-state index contributed by atoms with van der Waals surface area (Å²) in [5.74, 6) is -3.34. The topological polar surface area (TPSA) is 113 Å². The molecule has 0 unspecified atom stereocenters. The first-order valence-corrected chi connectivity index (χ1v) is 11.5. The van der Waals surface area contributed by atoms with Crippen molar-refractivity contribution in [3.63, 3.8) is 0 Å². The molecule has 1 aromatic carbocycles. The molecule has 5 rings (SSSR count). The van der Waals surface area contributed by atoms with Crippen molar-refractivity contribution < 1.29 is 23.1 Å². The molecule has 4 heterocycles. The number of H-pyrrole nitrogens is 1. The second kappa shape index (κ2) is 9.58. The number of aromatic nitrogens is 3. The number of nitrogens with zero attached hydrogens (tertiary/aromatic N) is 4. The smallest absolute Gasteiger partial charge is 0.335 e. The van der Waals surface area contributed by atoms with Gasteiger partial charge in [0.15, 0.2) is 5.82 Å². The number of nitrogens with two attached hydrogens (primary N) is 1. The Morgan fingerprint density at radius 1 is 1.19 bits per heavy atom. The molecule has 4 N–H and O–H groups in total. The van der Waals surface area contributed by atoms with Crippen LogP contribution in [0.25, 0.3) is 22.3 Å². The van der Waals surface area contributed by atoms with Crippen LogP contribution in [0.3, 0.4) is 0 Å². The highest BCUT2D eigenvalue weighted by atomic mass is 19.1. The highest BCUT2D eigenvalue weighted by Crippen LogP contribution is 2.30. The van der Waals surface area contributed by atoms with Gasteiger partial charge in [0.05, 0.1) is 16.6 Å². The fourth-order valence-corrected chi connectivity index (χ4v) is 4.60. The predicted octanol–water partition coefficient (Wildman–Crippen LogP) is 3.87. The molecule has 0 bridgehead atoms. The zero-order chi connectivity index (χ0) is 26.3. The minimum atomic E-state index is -1.39. The Morgan fingerprint density at radius 3 is 2.59 bits per heavy atom. The maximum atomic E-state index is 14.5. The van der Waals surface area contributed by atoms with Crippen LogP contribution in [0, 0.1) is 17.5 Å². The Balaban J connectivity index is 1.39. The quantitative estimate of drug-likeness (QED) is 0.379. The molecule has 190 valence electrons. The van der Waals surface area contributed by atoms with Crippen LogP contribution in [0.15, 0.2) is 53.8 Å². The number of benzene rings is 1. The second-order valence-electron chi connectivity index (χ2n) is 8.75. The van der Waals surface area contributed by atoms with E-state index in [-0.39, 0.29) is 10.9 Å². The van der Waals surface area contributed by atoms with Crippen LogP contribution in [0.2, 0.25) is 0 Å². The number of fused-ring (bicyclic) bond motifs is 1. The Labute approximate surface area is 209 Å². The molecule has 0 radical (unpaired) electrons. The number of carboxylic acid groups (broad SMARTS) is 1. The molecule has 0 amide bonds. The molecular weight excluding hydrogens is 485 g/mol. The highest BCUT2D eigenvalue weighted by Gasteiger charge is 2.22. The number of anilines is 1. The van der Waals surface area contributed by atoms with Crippen molar-refractivity contribution >= 4 is 28.4 Å². The van der Waals surface area contributed by atoms with Crippen molar-refractivity contribution in [3.05, 3.63) is 88.4 Å². The number of aromatic carboxylic acids is 1. The standard InChI is InChI=1S/C26H23F3N6O2/c1-31-21-11-23(30)35(13-20(21)29)22-2-5-32-25-17(22)10-16(33-25)12-34-6-3-14(4-7-34)24-18(27)8-15(26(36)37)9-19(24)28/h2-3,5,8-11,13H,4,6-7,12,30H2,1H3,(H,32,33)(H,36,37). The third-order valence-corrected chi connectivity index (χ3v) is 6.41. The number of carbonyl (C=O) groups is 1. The molecule has 0 atom stereocenters. The number of halogens is 3. The SMILES string of the molecule is CN=c1cc(N)n(-c2ccnc3[nH]c(CN4CC=C(c5c(F)cc(C(=O)O)cc5F)CC4)cc23)cc1F. The van der Waals surface area contributed by atoms with Crippen molar-refractivity contribution in [1.29, 1.82) is 0 Å². The van der Waals surface area contributed by atoms with E-state index < -0.39 is 29.0 Å². The van der Waals surface area contributed by atoms with Crippen LogP contribution in [-0.2, 0) is 6.54 Å². The Hall–Kier alpha value is -4.38. The maximum Gasteiger partial charge on any atom is 0.335 e. The van der Waals surface area contributed by atoms with Crippen LogP contribution >= 0.6 is 0 Å². The Kier molecular flexibility index (Phi) is 6.30. The van der Waals surface area contributed by atoms with Crippen molar-refractivity contribution in [2.24, 2.45) is 4.99 Å². The summed E-state index contributed by atoms with van der Waals surface area (Å²) in [6, 6.07) is 6.80. The molecule has 1 aliphatic rings. The minimum Gasteiger partial charge on any atom is -0.478 e. The lowest BCUT2D eigenvalue weighted by Gasteiger charge is -2.26. The molecule has 0 saturated heterocycles. The van der Waals surface area contributed by atoms with Crippen molar-refractivity contribution in [3.8, 4) is 5.69 Å². The largest absolute Gasteiger partial charge is 0.478 e. The zero-order valence-electron chi connectivity index (χ0n) is 19.8. The fourth-order valence-electron chi connectivity index (χ4n) is 4.60. The van der Waals surface area contributed by atoms with Gasteiger partial charge in [-0.05, 0) is 36.3 Å². The summed E-state index contributed by atoms with van der Waals surface area (Å²) >= 11 is 0. The number of nitrogen functional groups attached to an aromatic ring is 1. The molecule has 37 heavy (non-hydrogen) atoms. The van der Waals surface area contributed by atoms with E-state index in [1.165, 1.54) is 19.3 Å². The number of nitrogens with one attached hydrogen (secondary N) is 1. The lowest BCUT2D eigenvalue weighted by molar-refractivity contribution is 0.0695. The molecule has 3 aromatic heterocycles. The third-order valence-electron chi connectivity index (χ3n) is 6.41. The number of hydrogen-bond acceptors (Lipinski definition) is 5. The van der Waals surface area contributed by atoms with E-state index in [2.05, 4.69) is 19.9 Å². The number of rotatable bonds is 5. The molecular formula is C26H23F3N6O2. The zero-order valence-corrected chi connectivity index (χ0v) is 19.8. The number of hydrogen-bond donors (Lipinski definition) is 3. The van der Waals surface area contributed by atoms with Gasteiger partial charge in [-0.1, -0.05) is 6.08 Å². The van der Waals surface area contributed by atoms with Crippen molar-refractivity contribution in [2.75, 3.05) is 25.9 Å². The van der Waals surface area contributed by atoms with Crippen molar-refractivity contribution in [1.82, 2.24) is 19.4 Å². The van der Waals surface area contributed by atoms with Crippen LogP contribution in [0.5, 0.6) is 0 Å². The van der Waals surface area contributed by atoms with Gasteiger partial charge in [0.25, 0.3) is 0 Å². The molecule has 4 aromatic rings. The van der Waals surface area contributed by atoms with Crippen LogP contribution in [0.4, 0.5) is 19.0 Å². The summed E-state index contributed by atoms with van der Waals surface area (Å²) in [6.07, 6.45) is 5.04. The molecule has 11 heteroatoms. The van der Waals surface area contributed by atoms with Crippen LogP contribution in [0.1, 0.15) is 28.0 Å². The molecule has 0 spiro atoms. The summed E-state index contributed by atoms with van der Waals surface area (Å²) in [5, 5.41) is 9.93. The van der Waals surface area contributed by atoms with Crippen LogP contribution < -0.4 is 11.1 Å². The van der Waals surface area contributed by atoms with Gasteiger partial charge in [0.2, 0.25) is 0 Å². The highest BCUT2D eigenvalue weighted by molar-refractivity contribution is 5.88. The van der Waals surface area contributed by atoms with Gasteiger partial charge in [-0.15, -0.1) is 0 Å². The summed E-state index contributed by atoms with van der Waals surface area (Å²) in [6.45, 7) is 1.50. The molecule has 0 fully saturated rings. The van der Waals surface area contributed by atoms with Gasteiger partial charge in [0.1, 0.15) is 23.1 Å². The number of carboxylic acids is 1. The molecule has 1 aliphatic heterocycles. The second-order valence-corrected chi connectivity index (χ2v) is 8.75. The summed E-state index contributed by atoms with van der Waals surface area (Å²) < 4.78 is 44.9. The molecule has 0 aliphatic carbocycles. The maximum absolute atomic E-state index is 14.5. The van der Waals surface area contributed by atoms with E-state index in [0.717, 1.165) is 23.2 Å². The number of pyridine rings is 2. The van der Waals surface area contributed by atoms with Gasteiger partial charge < -0.3 is 15.8 Å². The minimum absolute atomic E-state index is 0.170. The van der Waals surface area contributed by atoms with E-state index in [1.807, 2.05) is 6.07 Å². The normalized spacial score (nSPS) is 14.8.